The van der Waals surface area contributed by atoms with Crippen molar-refractivity contribution in [3.8, 4) is 0 Å². The standard InChI is InChI=1S/C15H19ClN2O2/c1-3-7-17-8-10(2)9-18-12-6-4-5-11(16)13(12)14(19)15(18)20/h4-6,10,17H,3,7-9H2,1-2H3. The van der Waals surface area contributed by atoms with E-state index < -0.39 is 11.7 Å². The molecule has 1 N–H and O–H groups in total. The van der Waals surface area contributed by atoms with Crippen LogP contribution in [0.25, 0.3) is 0 Å². The average molecular weight is 295 g/mol. The van der Waals surface area contributed by atoms with Crippen LogP contribution in [0.5, 0.6) is 0 Å². The van der Waals surface area contributed by atoms with Crippen LogP contribution >= 0.6 is 11.6 Å². The molecule has 1 aliphatic heterocycles. The lowest BCUT2D eigenvalue weighted by Crippen LogP contribution is -2.37. The predicted octanol–water partition coefficient (Wildman–Crippen LogP) is 2.51. The van der Waals surface area contributed by atoms with E-state index in [-0.39, 0.29) is 5.92 Å². The van der Waals surface area contributed by atoms with Gasteiger partial charge in [0.05, 0.1) is 16.3 Å². The molecule has 2 rings (SSSR count). The van der Waals surface area contributed by atoms with Gasteiger partial charge in [-0.25, -0.2) is 0 Å². The first kappa shape index (κ1) is 15.0. The lowest BCUT2D eigenvalue weighted by Gasteiger charge is -2.21. The molecule has 0 aliphatic carbocycles. The molecule has 1 unspecified atom stereocenters. The largest absolute Gasteiger partial charge is 0.316 e. The molecule has 1 heterocycles. The molecular weight excluding hydrogens is 276 g/mol. The van der Waals surface area contributed by atoms with Crippen LogP contribution in [0.2, 0.25) is 5.02 Å². The molecule has 0 saturated carbocycles. The van der Waals surface area contributed by atoms with Crippen molar-refractivity contribution in [3.63, 3.8) is 0 Å². The number of amides is 1. The minimum absolute atomic E-state index is 0.267. The van der Waals surface area contributed by atoms with Crippen molar-refractivity contribution in [2.45, 2.75) is 20.3 Å². The van der Waals surface area contributed by atoms with Gasteiger partial charge in [0, 0.05) is 6.54 Å². The van der Waals surface area contributed by atoms with Gasteiger partial charge in [-0.2, -0.15) is 0 Å². The molecule has 0 spiro atoms. The molecule has 0 aromatic heterocycles. The van der Waals surface area contributed by atoms with Crippen LogP contribution in [0.1, 0.15) is 30.6 Å². The van der Waals surface area contributed by atoms with Crippen LogP contribution in [0.15, 0.2) is 18.2 Å². The highest BCUT2D eigenvalue weighted by molar-refractivity contribution is 6.55. The number of carbonyl (C=O) groups excluding carboxylic acids is 2. The number of carbonyl (C=O) groups is 2. The van der Waals surface area contributed by atoms with E-state index in [0.29, 0.717) is 22.8 Å². The third kappa shape index (κ3) is 2.86. The van der Waals surface area contributed by atoms with E-state index >= 15 is 0 Å². The summed E-state index contributed by atoms with van der Waals surface area (Å²) in [6, 6.07) is 5.18. The second kappa shape index (κ2) is 6.37. The van der Waals surface area contributed by atoms with E-state index in [1.165, 1.54) is 0 Å². The number of benzene rings is 1. The highest BCUT2D eigenvalue weighted by Crippen LogP contribution is 2.34. The van der Waals surface area contributed by atoms with Crippen LogP contribution in [0, 0.1) is 5.92 Å². The molecule has 0 bridgehead atoms. The van der Waals surface area contributed by atoms with Crippen LogP contribution in [0.3, 0.4) is 0 Å². The molecule has 5 heteroatoms. The fourth-order valence-corrected chi connectivity index (χ4v) is 2.64. The Morgan fingerprint density at radius 3 is 2.80 bits per heavy atom. The summed E-state index contributed by atoms with van der Waals surface area (Å²) >= 11 is 6.02. The third-order valence-electron chi connectivity index (χ3n) is 3.36. The highest BCUT2D eigenvalue weighted by Gasteiger charge is 2.37. The summed E-state index contributed by atoms with van der Waals surface area (Å²) in [6.45, 7) is 6.47. The smallest absolute Gasteiger partial charge is 0.299 e. The Kier molecular flexibility index (Phi) is 4.78. The maximum absolute atomic E-state index is 12.1. The van der Waals surface area contributed by atoms with Gasteiger partial charge in [0.1, 0.15) is 0 Å². The van der Waals surface area contributed by atoms with Crippen molar-refractivity contribution in [1.29, 1.82) is 0 Å². The average Bonchev–Trinajstić information content (AvgIpc) is 2.65. The Balaban J connectivity index is 2.12. The SMILES string of the molecule is CCCNCC(C)CN1C(=O)C(=O)c2c(Cl)cccc21. The Morgan fingerprint density at radius 2 is 2.10 bits per heavy atom. The van der Waals surface area contributed by atoms with Crippen molar-refractivity contribution < 1.29 is 9.59 Å². The minimum atomic E-state index is -0.501. The van der Waals surface area contributed by atoms with Gasteiger partial charge in [0.2, 0.25) is 0 Å². The number of nitrogens with zero attached hydrogens (tertiary/aromatic N) is 1. The molecule has 20 heavy (non-hydrogen) atoms. The fraction of sp³-hybridized carbons (Fsp3) is 0.467. The summed E-state index contributed by atoms with van der Waals surface area (Å²) in [5.41, 5.74) is 0.975. The number of rotatable bonds is 6. The Bertz CT molecular complexity index is 531. The molecule has 0 saturated heterocycles. The number of anilines is 1. The van der Waals surface area contributed by atoms with E-state index in [1.807, 2.05) is 0 Å². The van der Waals surface area contributed by atoms with E-state index in [1.54, 1.807) is 23.1 Å². The molecular formula is C15H19ClN2O2. The van der Waals surface area contributed by atoms with Crippen molar-refractivity contribution in [1.82, 2.24) is 5.32 Å². The molecule has 108 valence electrons. The Labute approximate surface area is 124 Å². The number of ketones is 1. The first-order valence-corrected chi connectivity index (χ1v) is 7.29. The highest BCUT2D eigenvalue weighted by atomic mass is 35.5. The third-order valence-corrected chi connectivity index (χ3v) is 3.68. The van der Waals surface area contributed by atoms with Gasteiger partial charge in [-0.15, -0.1) is 0 Å². The van der Waals surface area contributed by atoms with E-state index in [9.17, 15) is 9.59 Å². The van der Waals surface area contributed by atoms with Gasteiger partial charge in [-0.1, -0.05) is 31.5 Å². The predicted molar refractivity (Wildman–Crippen MR) is 80.5 cm³/mol. The van der Waals surface area contributed by atoms with Crippen molar-refractivity contribution in [2.24, 2.45) is 5.92 Å². The number of hydrogen-bond donors (Lipinski definition) is 1. The number of hydrogen-bond acceptors (Lipinski definition) is 3. The first-order chi connectivity index (χ1) is 9.56. The number of fused-ring (bicyclic) bond motifs is 1. The normalized spacial score (nSPS) is 15.7. The summed E-state index contributed by atoms with van der Waals surface area (Å²) in [5.74, 6) is -0.710. The van der Waals surface area contributed by atoms with E-state index in [2.05, 4.69) is 19.2 Å². The van der Waals surface area contributed by atoms with Crippen LogP contribution in [-0.2, 0) is 4.79 Å². The van der Waals surface area contributed by atoms with Crippen molar-refractivity contribution in [2.75, 3.05) is 24.5 Å². The number of halogens is 1. The molecule has 1 amide bonds. The van der Waals surface area contributed by atoms with Crippen LogP contribution in [-0.4, -0.2) is 31.3 Å². The maximum atomic E-state index is 12.1. The zero-order chi connectivity index (χ0) is 14.7. The van der Waals surface area contributed by atoms with Gasteiger partial charge < -0.3 is 10.2 Å². The Morgan fingerprint density at radius 1 is 1.35 bits per heavy atom. The summed E-state index contributed by atoms with van der Waals surface area (Å²) in [5, 5.41) is 3.67. The number of nitrogens with one attached hydrogen (secondary N) is 1. The van der Waals surface area contributed by atoms with Crippen LogP contribution in [0.4, 0.5) is 5.69 Å². The van der Waals surface area contributed by atoms with Gasteiger partial charge in [-0.05, 0) is 37.6 Å². The van der Waals surface area contributed by atoms with Crippen molar-refractivity contribution >= 4 is 29.0 Å². The summed E-state index contributed by atoms with van der Waals surface area (Å²) in [6.07, 6.45) is 1.08. The second-order valence-electron chi connectivity index (χ2n) is 5.19. The molecule has 1 aliphatic rings. The molecule has 1 aromatic carbocycles. The maximum Gasteiger partial charge on any atom is 0.299 e. The quantitative estimate of drug-likeness (QED) is 0.648. The first-order valence-electron chi connectivity index (χ1n) is 6.91. The van der Waals surface area contributed by atoms with E-state index in [0.717, 1.165) is 19.5 Å². The lowest BCUT2D eigenvalue weighted by atomic mass is 10.1. The van der Waals surface area contributed by atoms with Gasteiger partial charge in [-0.3, -0.25) is 9.59 Å². The number of Topliss-reactive ketones (excluding diaryl/α,β-unsaturated/α-hetero) is 1. The van der Waals surface area contributed by atoms with Gasteiger partial charge in [0.15, 0.2) is 0 Å². The topological polar surface area (TPSA) is 49.4 Å². The second-order valence-corrected chi connectivity index (χ2v) is 5.60. The molecule has 1 atom stereocenters. The molecule has 1 aromatic rings. The van der Waals surface area contributed by atoms with Crippen molar-refractivity contribution in [3.05, 3.63) is 28.8 Å². The monoisotopic (exact) mass is 294 g/mol. The zero-order valence-electron chi connectivity index (χ0n) is 11.8. The molecule has 0 radical (unpaired) electrons. The van der Waals surface area contributed by atoms with Gasteiger partial charge in [0.25, 0.3) is 11.7 Å². The Hall–Kier alpha value is -1.39. The fourth-order valence-electron chi connectivity index (χ4n) is 2.38. The minimum Gasteiger partial charge on any atom is -0.316 e. The van der Waals surface area contributed by atoms with Crippen LogP contribution < -0.4 is 10.2 Å². The lowest BCUT2D eigenvalue weighted by molar-refractivity contribution is -0.114. The summed E-state index contributed by atoms with van der Waals surface area (Å²) in [7, 11) is 0. The summed E-state index contributed by atoms with van der Waals surface area (Å²) in [4.78, 5) is 25.6. The summed E-state index contributed by atoms with van der Waals surface area (Å²) < 4.78 is 0. The molecule has 0 fully saturated rings. The molecule has 4 nitrogen and oxygen atoms in total. The zero-order valence-corrected chi connectivity index (χ0v) is 12.5. The van der Waals surface area contributed by atoms with E-state index in [4.69, 9.17) is 11.6 Å². The van der Waals surface area contributed by atoms with Gasteiger partial charge >= 0.3 is 0 Å².